The van der Waals surface area contributed by atoms with E-state index in [4.69, 9.17) is 23.9 Å². The number of anilines is 6. The summed E-state index contributed by atoms with van der Waals surface area (Å²) in [4.78, 5) is 96.3. The van der Waals surface area contributed by atoms with Crippen molar-refractivity contribution in [3.05, 3.63) is 85.6 Å². The standard InChI is InChI=1S/C49H63N13O11S/c1-31-39-29-53-48(57-44(39)61(36-7-5-6-8-36)46(67)43(31)33(3)63)56-41-12-10-37(28-52-41)60-17-15-59(16-18-60)30-42(65)51-14-20-71-22-24-73-26-25-72-23-21-70-19-13-50-35-9-11-38(40(27-35)55-34(4)64)45(66)58-49-54-32(2)47(74-49)62(68)69/h9-12,27-29,36,50H,5-8,13-26,30H2,1-4H3,(H,51,65)(H,55,64)(H,54,58,66)(H,52,53,56,57). The van der Waals surface area contributed by atoms with Crippen LogP contribution in [0.4, 0.5) is 39.0 Å². The van der Waals surface area contributed by atoms with Crippen molar-refractivity contribution in [3.8, 4) is 0 Å². The number of hydrogen-bond acceptors (Lipinski definition) is 20. The van der Waals surface area contributed by atoms with Crippen molar-refractivity contribution in [2.24, 2.45) is 0 Å². The van der Waals surface area contributed by atoms with E-state index in [2.05, 4.69) is 51.3 Å². The van der Waals surface area contributed by atoms with Crippen molar-refractivity contribution in [2.75, 3.05) is 125 Å². The number of nitro groups is 1. The molecule has 3 amide bonds. The van der Waals surface area contributed by atoms with Crippen molar-refractivity contribution in [2.45, 2.75) is 59.4 Å². The Hall–Kier alpha value is -7.03. The molecule has 1 saturated heterocycles. The lowest BCUT2D eigenvalue weighted by Gasteiger charge is -2.35. The van der Waals surface area contributed by atoms with E-state index in [1.165, 1.54) is 26.8 Å². The molecule has 2 aliphatic rings. The first-order valence-electron chi connectivity index (χ1n) is 24.5. The number of aromatic nitrogens is 5. The van der Waals surface area contributed by atoms with Crippen molar-refractivity contribution in [1.82, 2.24) is 34.7 Å². The van der Waals surface area contributed by atoms with E-state index in [1.54, 1.807) is 36.0 Å². The largest absolute Gasteiger partial charge is 0.383 e. The Balaban J connectivity index is 0.694. The number of fused-ring (bicyclic) bond motifs is 1. The minimum Gasteiger partial charge on any atom is -0.383 e. The number of thiazole rings is 1. The molecule has 25 heteroatoms. The summed E-state index contributed by atoms with van der Waals surface area (Å²) in [7, 11) is 0. The molecule has 2 fully saturated rings. The summed E-state index contributed by atoms with van der Waals surface area (Å²) in [6.45, 7) is 13.1. The topological polar surface area (TPSA) is 289 Å². The molecular formula is C49H63N13O11S. The number of hydrogen-bond donors (Lipinski definition) is 5. The second-order valence-corrected chi connectivity index (χ2v) is 18.7. The van der Waals surface area contributed by atoms with Crippen LogP contribution in [0.25, 0.3) is 11.0 Å². The summed E-state index contributed by atoms with van der Waals surface area (Å²) in [6.07, 6.45) is 7.24. The van der Waals surface area contributed by atoms with E-state index in [1.807, 2.05) is 12.1 Å². The number of carbonyl (C=O) groups excluding carboxylic acids is 4. The average Bonchev–Trinajstić information content (AvgIpc) is 4.04. The number of carbonyl (C=O) groups is 4. The van der Waals surface area contributed by atoms with Crippen LogP contribution in [-0.2, 0) is 28.5 Å². The molecule has 1 saturated carbocycles. The highest BCUT2D eigenvalue weighted by atomic mass is 32.1. The highest BCUT2D eigenvalue weighted by Crippen LogP contribution is 2.33. The number of aryl methyl sites for hydroxylation is 2. The second-order valence-electron chi connectivity index (χ2n) is 17.7. The minimum absolute atomic E-state index is 0.0109. The van der Waals surface area contributed by atoms with Gasteiger partial charge in [0.2, 0.25) is 17.8 Å². The maximum atomic E-state index is 13.6. The molecule has 396 valence electrons. The van der Waals surface area contributed by atoms with Gasteiger partial charge < -0.3 is 45.1 Å². The fourth-order valence-corrected chi connectivity index (χ4v) is 9.48. The third-order valence-electron chi connectivity index (χ3n) is 12.3. The summed E-state index contributed by atoms with van der Waals surface area (Å²) >= 11 is 0.751. The van der Waals surface area contributed by atoms with Crippen LogP contribution in [0.2, 0.25) is 0 Å². The lowest BCUT2D eigenvalue weighted by atomic mass is 10.0. The number of nitrogens with zero attached hydrogens (tertiary/aromatic N) is 8. The van der Waals surface area contributed by atoms with Gasteiger partial charge in [0.05, 0.1) is 93.0 Å². The van der Waals surface area contributed by atoms with Crippen LogP contribution in [0.3, 0.4) is 0 Å². The van der Waals surface area contributed by atoms with Gasteiger partial charge in [-0.25, -0.2) is 15.0 Å². The number of ketones is 1. The minimum atomic E-state index is -0.577. The highest BCUT2D eigenvalue weighted by molar-refractivity contribution is 7.19. The third kappa shape index (κ3) is 15.0. The van der Waals surface area contributed by atoms with Gasteiger partial charge in [-0.05, 0) is 80.8 Å². The Morgan fingerprint density at radius 1 is 0.824 bits per heavy atom. The molecule has 1 aromatic carbocycles. The molecule has 1 aliphatic carbocycles. The molecule has 5 N–H and O–H groups in total. The van der Waals surface area contributed by atoms with Gasteiger partial charge in [-0.15, -0.1) is 0 Å². The number of nitrogens with one attached hydrogen (secondary N) is 5. The molecule has 5 aromatic rings. The maximum Gasteiger partial charge on any atom is 0.348 e. The van der Waals surface area contributed by atoms with E-state index in [-0.39, 0.29) is 61.8 Å². The molecule has 0 unspecified atom stereocenters. The fourth-order valence-electron chi connectivity index (χ4n) is 8.71. The van der Waals surface area contributed by atoms with Gasteiger partial charge >= 0.3 is 5.00 Å². The molecule has 0 spiro atoms. The van der Waals surface area contributed by atoms with Crippen molar-refractivity contribution in [1.29, 1.82) is 0 Å². The van der Waals surface area contributed by atoms with Gasteiger partial charge in [-0.1, -0.05) is 12.8 Å². The van der Waals surface area contributed by atoms with E-state index in [9.17, 15) is 34.1 Å². The number of amides is 3. The number of Topliss-reactive ketones (excluding diaryl/α,β-unsaturated/α-hetero) is 1. The molecule has 0 atom stereocenters. The van der Waals surface area contributed by atoms with E-state index in [0.29, 0.717) is 107 Å². The summed E-state index contributed by atoms with van der Waals surface area (Å²) in [5.41, 5.74) is 3.23. The van der Waals surface area contributed by atoms with E-state index < -0.39 is 10.8 Å². The van der Waals surface area contributed by atoms with Gasteiger partial charge in [-0.3, -0.25) is 48.9 Å². The molecule has 1 aliphatic heterocycles. The Bertz CT molecular complexity index is 2830. The molecule has 7 rings (SSSR count). The molecule has 0 bridgehead atoms. The average molecular weight is 1040 g/mol. The van der Waals surface area contributed by atoms with Crippen LogP contribution < -0.4 is 37.0 Å². The Kier molecular flexibility index (Phi) is 19.8. The molecular weight excluding hydrogens is 979 g/mol. The van der Waals surface area contributed by atoms with Gasteiger partial charge in [-0.2, -0.15) is 4.98 Å². The SMILES string of the molecule is CC(=O)Nc1cc(NCCOCCOCCOCCOCCNC(=O)CN2CCN(c3ccc(Nc4ncc5c(C)c(C(C)=O)c(=O)n(C6CCCC6)c5n4)nc3)CC2)ccc1C(=O)Nc1nc(C)c([N+](=O)[O-])s1. The number of benzene rings is 1. The first-order valence-corrected chi connectivity index (χ1v) is 25.4. The smallest absolute Gasteiger partial charge is 0.348 e. The molecule has 74 heavy (non-hydrogen) atoms. The zero-order chi connectivity index (χ0) is 52.6. The summed E-state index contributed by atoms with van der Waals surface area (Å²) in [5.74, 6) is -0.405. The second kappa shape index (κ2) is 26.8. The van der Waals surface area contributed by atoms with Crippen LogP contribution in [0.15, 0.2) is 47.5 Å². The van der Waals surface area contributed by atoms with Crippen LogP contribution in [0.1, 0.15) is 77.5 Å². The lowest BCUT2D eigenvalue weighted by Crippen LogP contribution is -2.49. The van der Waals surface area contributed by atoms with Crippen molar-refractivity contribution in [3.63, 3.8) is 0 Å². The van der Waals surface area contributed by atoms with E-state index >= 15 is 0 Å². The quantitative estimate of drug-likeness (QED) is 0.0203. The number of pyridine rings is 2. The van der Waals surface area contributed by atoms with Gasteiger partial charge in [0, 0.05) is 69.5 Å². The Labute approximate surface area is 431 Å². The highest BCUT2D eigenvalue weighted by Gasteiger charge is 2.27. The van der Waals surface area contributed by atoms with Gasteiger partial charge in [0.1, 0.15) is 17.2 Å². The normalized spacial score (nSPS) is 14.0. The number of piperazine rings is 1. The zero-order valence-electron chi connectivity index (χ0n) is 42.0. The lowest BCUT2D eigenvalue weighted by molar-refractivity contribution is -0.380. The Morgan fingerprint density at radius 3 is 2.12 bits per heavy atom. The van der Waals surface area contributed by atoms with Crippen LogP contribution in [0.5, 0.6) is 0 Å². The number of ether oxygens (including phenoxy) is 4. The van der Waals surface area contributed by atoms with Crippen molar-refractivity contribution >= 4 is 84.8 Å². The summed E-state index contributed by atoms with van der Waals surface area (Å²) in [5, 5.41) is 26.2. The fraction of sp³-hybridized carbons (Fsp3) is 0.490. The number of rotatable bonds is 27. The zero-order valence-corrected chi connectivity index (χ0v) is 42.8. The monoisotopic (exact) mass is 1040 g/mol. The Morgan fingerprint density at radius 2 is 1.50 bits per heavy atom. The predicted molar refractivity (Wildman–Crippen MR) is 279 cm³/mol. The summed E-state index contributed by atoms with van der Waals surface area (Å²) in [6, 6.07) is 8.65. The van der Waals surface area contributed by atoms with Gasteiger partial charge in [0.15, 0.2) is 10.9 Å². The molecule has 4 aromatic heterocycles. The van der Waals surface area contributed by atoms with E-state index in [0.717, 1.165) is 68.9 Å². The summed E-state index contributed by atoms with van der Waals surface area (Å²) < 4.78 is 24.1. The van der Waals surface area contributed by atoms with Crippen LogP contribution in [-0.4, -0.2) is 156 Å². The van der Waals surface area contributed by atoms with Crippen LogP contribution in [0, 0.1) is 24.0 Å². The third-order valence-corrected chi connectivity index (χ3v) is 13.4. The van der Waals surface area contributed by atoms with Crippen molar-refractivity contribution < 1.29 is 43.0 Å². The maximum absolute atomic E-state index is 13.6. The molecule has 24 nitrogen and oxygen atoms in total. The molecule has 5 heterocycles. The van der Waals surface area contributed by atoms with Crippen LogP contribution >= 0.6 is 11.3 Å². The first-order chi connectivity index (χ1) is 35.7. The molecule has 0 radical (unpaired) electrons. The van der Waals surface area contributed by atoms with Gasteiger partial charge in [0.25, 0.3) is 11.5 Å². The predicted octanol–water partition coefficient (Wildman–Crippen LogP) is 4.86. The first kappa shape index (κ1) is 54.7.